The van der Waals surface area contributed by atoms with Gasteiger partial charge in [0.1, 0.15) is 0 Å². The number of rotatable bonds is 6. The maximum atomic E-state index is 4.52. The van der Waals surface area contributed by atoms with E-state index in [2.05, 4.69) is 57.9 Å². The van der Waals surface area contributed by atoms with Gasteiger partial charge in [0.2, 0.25) is 5.13 Å². The second kappa shape index (κ2) is 6.57. The Morgan fingerprint density at radius 1 is 1.21 bits per heavy atom. The van der Waals surface area contributed by atoms with Crippen LogP contribution in [0.4, 0.5) is 5.13 Å². The van der Waals surface area contributed by atoms with Gasteiger partial charge in [-0.25, -0.2) is 4.68 Å². The zero-order chi connectivity index (χ0) is 16.5. The summed E-state index contributed by atoms with van der Waals surface area (Å²) in [4.78, 5) is 0. The van der Waals surface area contributed by atoms with E-state index in [0.29, 0.717) is 6.04 Å². The number of nitrogens with zero attached hydrogens (tertiary/aromatic N) is 4. The van der Waals surface area contributed by atoms with Gasteiger partial charge in [-0.3, -0.25) is 0 Å². The molecule has 3 aromatic rings. The molecule has 1 aliphatic carbocycles. The minimum atomic E-state index is 0.623. The van der Waals surface area contributed by atoms with Crippen molar-refractivity contribution in [3.05, 3.63) is 47.3 Å². The largest absolute Gasteiger partial charge is 0.357 e. The van der Waals surface area contributed by atoms with Crippen LogP contribution in [0.5, 0.6) is 0 Å². The van der Waals surface area contributed by atoms with Gasteiger partial charge in [-0.2, -0.15) is 5.10 Å². The molecule has 5 nitrogen and oxygen atoms in total. The molecule has 0 radical (unpaired) electrons. The Labute approximate surface area is 149 Å². The molecule has 0 amide bonds. The van der Waals surface area contributed by atoms with Crippen LogP contribution in [-0.2, 0) is 5.75 Å². The molecule has 1 aromatic carbocycles. The SMILES string of the molecule is Cc1cc(C)n(-c2ccc(CSc3nnc(NC4CC4)s3)cc2)n1. The minimum Gasteiger partial charge on any atom is -0.357 e. The predicted molar refractivity (Wildman–Crippen MR) is 99.2 cm³/mol. The van der Waals surface area contributed by atoms with Crippen LogP contribution < -0.4 is 5.32 Å². The molecule has 0 spiro atoms. The molecule has 1 aliphatic rings. The van der Waals surface area contributed by atoms with E-state index in [9.17, 15) is 0 Å². The molecular weight excluding hydrogens is 338 g/mol. The van der Waals surface area contributed by atoms with Crippen LogP contribution in [0.1, 0.15) is 29.8 Å². The lowest BCUT2D eigenvalue weighted by atomic mass is 10.2. The topological polar surface area (TPSA) is 55.6 Å². The molecule has 0 aliphatic heterocycles. The molecule has 0 atom stereocenters. The fourth-order valence-corrected chi connectivity index (χ4v) is 4.28. The van der Waals surface area contributed by atoms with Crippen LogP contribution >= 0.6 is 23.1 Å². The number of aryl methyl sites for hydroxylation is 2. The first-order valence-electron chi connectivity index (χ1n) is 8.03. The maximum Gasteiger partial charge on any atom is 0.206 e. The number of anilines is 1. The Morgan fingerprint density at radius 2 is 2.00 bits per heavy atom. The van der Waals surface area contributed by atoms with Crippen molar-refractivity contribution < 1.29 is 0 Å². The number of nitrogens with one attached hydrogen (secondary N) is 1. The molecule has 0 unspecified atom stereocenters. The van der Waals surface area contributed by atoms with Crippen molar-refractivity contribution in [2.24, 2.45) is 0 Å². The molecule has 4 rings (SSSR count). The van der Waals surface area contributed by atoms with Gasteiger partial charge in [0, 0.05) is 17.5 Å². The van der Waals surface area contributed by atoms with Crippen molar-refractivity contribution in [3.63, 3.8) is 0 Å². The number of benzene rings is 1. The first-order valence-corrected chi connectivity index (χ1v) is 9.83. The second-order valence-electron chi connectivity index (χ2n) is 6.09. The van der Waals surface area contributed by atoms with Gasteiger partial charge >= 0.3 is 0 Å². The van der Waals surface area contributed by atoms with E-state index in [4.69, 9.17) is 0 Å². The zero-order valence-corrected chi connectivity index (χ0v) is 15.3. The van der Waals surface area contributed by atoms with E-state index in [1.165, 1.54) is 18.4 Å². The lowest BCUT2D eigenvalue weighted by Gasteiger charge is -2.05. The molecule has 1 fully saturated rings. The van der Waals surface area contributed by atoms with Crippen LogP contribution in [-0.4, -0.2) is 26.0 Å². The van der Waals surface area contributed by atoms with Gasteiger partial charge in [0.05, 0.1) is 11.4 Å². The third-order valence-electron chi connectivity index (χ3n) is 3.86. The van der Waals surface area contributed by atoms with Crippen molar-refractivity contribution in [2.45, 2.75) is 42.8 Å². The van der Waals surface area contributed by atoms with Crippen molar-refractivity contribution in [2.75, 3.05) is 5.32 Å². The molecular formula is C17H19N5S2. The number of hydrogen-bond donors (Lipinski definition) is 1. The quantitative estimate of drug-likeness (QED) is 0.670. The number of hydrogen-bond acceptors (Lipinski definition) is 6. The fraction of sp³-hybridized carbons (Fsp3) is 0.353. The summed E-state index contributed by atoms with van der Waals surface area (Å²) in [6.45, 7) is 4.09. The van der Waals surface area contributed by atoms with E-state index in [1.54, 1.807) is 23.1 Å². The zero-order valence-electron chi connectivity index (χ0n) is 13.7. The van der Waals surface area contributed by atoms with Crippen LogP contribution in [0.3, 0.4) is 0 Å². The third-order valence-corrected chi connectivity index (χ3v) is 5.92. The Balaban J connectivity index is 1.38. The van der Waals surface area contributed by atoms with Gasteiger partial charge in [0.15, 0.2) is 4.34 Å². The standard InChI is InChI=1S/C17H19N5S2/c1-11-9-12(2)22(21-11)15-7-3-13(4-8-15)10-23-17-20-19-16(24-17)18-14-5-6-14/h3-4,7-9,14H,5-6,10H2,1-2H3,(H,18,19). The Morgan fingerprint density at radius 3 is 2.67 bits per heavy atom. The van der Waals surface area contributed by atoms with Gasteiger partial charge in [-0.05, 0) is 50.5 Å². The first kappa shape index (κ1) is 15.7. The maximum absolute atomic E-state index is 4.52. The van der Waals surface area contributed by atoms with Crippen LogP contribution in [0.2, 0.25) is 0 Å². The highest BCUT2D eigenvalue weighted by Gasteiger charge is 2.22. The lowest BCUT2D eigenvalue weighted by Crippen LogP contribution is -1.99. The second-order valence-corrected chi connectivity index (χ2v) is 8.29. The van der Waals surface area contributed by atoms with Crippen molar-refractivity contribution >= 4 is 28.2 Å². The Kier molecular flexibility index (Phi) is 4.28. The van der Waals surface area contributed by atoms with E-state index in [0.717, 1.165) is 32.3 Å². The molecule has 1 N–H and O–H groups in total. The predicted octanol–water partition coefficient (Wildman–Crippen LogP) is 4.21. The first-order chi connectivity index (χ1) is 11.7. The highest BCUT2D eigenvalue weighted by molar-refractivity contribution is 8.00. The van der Waals surface area contributed by atoms with Crippen molar-refractivity contribution in [1.29, 1.82) is 0 Å². The minimum absolute atomic E-state index is 0.623. The highest BCUT2D eigenvalue weighted by Crippen LogP contribution is 2.31. The van der Waals surface area contributed by atoms with Crippen LogP contribution in [0, 0.1) is 13.8 Å². The summed E-state index contributed by atoms with van der Waals surface area (Å²) < 4.78 is 2.99. The molecule has 0 saturated heterocycles. The summed E-state index contributed by atoms with van der Waals surface area (Å²) in [7, 11) is 0. The summed E-state index contributed by atoms with van der Waals surface area (Å²) in [5.74, 6) is 0.898. The van der Waals surface area contributed by atoms with E-state index in [1.807, 2.05) is 11.6 Å². The van der Waals surface area contributed by atoms with Crippen LogP contribution in [0.25, 0.3) is 5.69 Å². The summed E-state index contributed by atoms with van der Waals surface area (Å²) >= 11 is 3.37. The molecule has 2 aromatic heterocycles. The smallest absolute Gasteiger partial charge is 0.206 e. The third kappa shape index (κ3) is 3.62. The number of aromatic nitrogens is 4. The van der Waals surface area contributed by atoms with Gasteiger partial charge in [-0.15, -0.1) is 10.2 Å². The summed E-state index contributed by atoms with van der Waals surface area (Å²) in [6.07, 6.45) is 2.51. The summed E-state index contributed by atoms with van der Waals surface area (Å²) in [5, 5.41) is 17.3. The van der Waals surface area contributed by atoms with Crippen molar-refractivity contribution in [3.8, 4) is 5.69 Å². The fourth-order valence-electron chi connectivity index (χ4n) is 2.50. The average Bonchev–Trinajstić information content (AvgIpc) is 3.16. The Hall–Kier alpha value is -1.86. The van der Waals surface area contributed by atoms with Crippen molar-refractivity contribution in [1.82, 2.24) is 20.0 Å². The molecule has 24 heavy (non-hydrogen) atoms. The molecule has 0 bridgehead atoms. The van der Waals surface area contributed by atoms with Gasteiger partial charge in [-0.1, -0.05) is 35.2 Å². The normalized spacial score (nSPS) is 14.1. The van der Waals surface area contributed by atoms with E-state index >= 15 is 0 Å². The molecule has 1 saturated carbocycles. The van der Waals surface area contributed by atoms with Gasteiger partial charge < -0.3 is 5.32 Å². The number of thioether (sulfide) groups is 1. The highest BCUT2D eigenvalue weighted by atomic mass is 32.2. The molecule has 7 heteroatoms. The Bertz CT molecular complexity index is 833. The average molecular weight is 358 g/mol. The molecule has 124 valence electrons. The summed E-state index contributed by atoms with van der Waals surface area (Å²) in [5.41, 5.74) is 4.57. The van der Waals surface area contributed by atoms with E-state index in [-0.39, 0.29) is 0 Å². The summed E-state index contributed by atoms with van der Waals surface area (Å²) in [6, 6.07) is 11.3. The molecule has 2 heterocycles. The van der Waals surface area contributed by atoms with Crippen LogP contribution in [0.15, 0.2) is 34.7 Å². The van der Waals surface area contributed by atoms with Gasteiger partial charge in [0.25, 0.3) is 0 Å². The van der Waals surface area contributed by atoms with E-state index < -0.39 is 0 Å². The lowest BCUT2D eigenvalue weighted by molar-refractivity contribution is 0.833. The monoisotopic (exact) mass is 357 g/mol.